The summed E-state index contributed by atoms with van der Waals surface area (Å²) in [5, 5.41) is 15.2. The Morgan fingerprint density at radius 2 is 2.00 bits per heavy atom. The minimum Gasteiger partial charge on any atom is -0.385 e. The van der Waals surface area contributed by atoms with Crippen LogP contribution in [0.15, 0.2) is 18.5 Å². The smallest absolute Gasteiger partial charge is 0.157 e. The summed E-state index contributed by atoms with van der Waals surface area (Å²) in [6.45, 7) is 4.73. The van der Waals surface area contributed by atoms with Gasteiger partial charge in [-0.1, -0.05) is 18.5 Å². The highest BCUT2D eigenvalue weighted by molar-refractivity contribution is 6.31. The summed E-state index contributed by atoms with van der Waals surface area (Å²) in [7, 11) is 0. The summed E-state index contributed by atoms with van der Waals surface area (Å²) in [4.78, 5) is 8.11. The van der Waals surface area contributed by atoms with Crippen LogP contribution in [0.5, 0.6) is 0 Å². The molecule has 1 N–H and O–H groups in total. The van der Waals surface area contributed by atoms with Crippen molar-refractivity contribution < 1.29 is 5.11 Å². The molecule has 0 aliphatic heterocycles. The zero-order valence-electron chi connectivity index (χ0n) is 11.0. The van der Waals surface area contributed by atoms with Crippen molar-refractivity contribution in [1.29, 1.82) is 0 Å². The van der Waals surface area contributed by atoms with Gasteiger partial charge >= 0.3 is 0 Å². The molecule has 6 heteroatoms. The first kappa shape index (κ1) is 14.0. The highest BCUT2D eigenvalue weighted by Gasteiger charge is 2.19. The monoisotopic (exact) mass is 280 g/mol. The van der Waals surface area contributed by atoms with E-state index in [0.29, 0.717) is 17.3 Å². The summed E-state index contributed by atoms with van der Waals surface area (Å²) < 4.78 is 1.83. The van der Waals surface area contributed by atoms with E-state index in [2.05, 4.69) is 15.1 Å². The van der Waals surface area contributed by atoms with Crippen molar-refractivity contribution in [1.82, 2.24) is 19.7 Å². The average molecular weight is 281 g/mol. The van der Waals surface area contributed by atoms with Gasteiger partial charge in [0.05, 0.1) is 16.4 Å². The lowest BCUT2D eigenvalue weighted by Gasteiger charge is -2.10. The Labute approximate surface area is 117 Å². The van der Waals surface area contributed by atoms with E-state index < -0.39 is 6.10 Å². The summed E-state index contributed by atoms with van der Waals surface area (Å²) in [6, 6.07) is 1.72. The molecule has 2 aromatic heterocycles. The van der Waals surface area contributed by atoms with Gasteiger partial charge in [0.25, 0.3) is 0 Å². The highest BCUT2D eigenvalue weighted by Crippen LogP contribution is 2.25. The molecule has 0 fully saturated rings. The fourth-order valence-electron chi connectivity index (χ4n) is 1.97. The molecule has 2 rings (SSSR count). The van der Waals surface area contributed by atoms with E-state index in [4.69, 9.17) is 11.6 Å². The fourth-order valence-corrected chi connectivity index (χ4v) is 2.32. The van der Waals surface area contributed by atoms with E-state index in [0.717, 1.165) is 24.4 Å². The Balaban J connectivity index is 2.26. The number of rotatable bonds is 5. The topological polar surface area (TPSA) is 63.8 Å². The summed E-state index contributed by atoms with van der Waals surface area (Å²) in [5.74, 6) is 0.403. The van der Waals surface area contributed by atoms with Crippen LogP contribution < -0.4 is 0 Å². The van der Waals surface area contributed by atoms with E-state index in [9.17, 15) is 5.11 Å². The summed E-state index contributed by atoms with van der Waals surface area (Å²) >= 11 is 6.30. The second-order valence-electron chi connectivity index (χ2n) is 4.20. The molecule has 0 bridgehead atoms. The van der Waals surface area contributed by atoms with Gasteiger partial charge in [0.15, 0.2) is 5.82 Å². The molecule has 0 aliphatic rings. The lowest BCUT2D eigenvalue weighted by Crippen LogP contribution is -2.11. The van der Waals surface area contributed by atoms with Crippen LogP contribution in [0, 0.1) is 0 Å². The van der Waals surface area contributed by atoms with Gasteiger partial charge < -0.3 is 5.11 Å². The number of aliphatic hydroxyl groups excluding tert-OH is 1. The van der Waals surface area contributed by atoms with Crippen LogP contribution in [0.2, 0.25) is 5.02 Å². The zero-order valence-corrected chi connectivity index (χ0v) is 11.8. The molecule has 0 radical (unpaired) electrons. The summed E-state index contributed by atoms with van der Waals surface area (Å²) in [5.41, 5.74) is 1.70. The third kappa shape index (κ3) is 2.93. The highest BCUT2D eigenvalue weighted by atomic mass is 35.5. The van der Waals surface area contributed by atoms with Crippen LogP contribution in [0.3, 0.4) is 0 Å². The van der Waals surface area contributed by atoms with Gasteiger partial charge in [0.2, 0.25) is 0 Å². The molecule has 1 unspecified atom stereocenters. The summed E-state index contributed by atoms with van der Waals surface area (Å²) in [6.07, 6.45) is 3.59. The maximum absolute atomic E-state index is 10.2. The van der Waals surface area contributed by atoms with E-state index in [1.54, 1.807) is 18.5 Å². The van der Waals surface area contributed by atoms with Crippen LogP contribution >= 0.6 is 11.6 Å². The van der Waals surface area contributed by atoms with E-state index in [1.165, 1.54) is 0 Å². The second-order valence-corrected chi connectivity index (χ2v) is 4.58. The lowest BCUT2D eigenvalue weighted by molar-refractivity contribution is 0.165. The lowest BCUT2D eigenvalue weighted by atomic mass is 10.1. The molecule has 0 aliphatic carbocycles. The van der Waals surface area contributed by atoms with Gasteiger partial charge in [0.1, 0.15) is 6.10 Å². The van der Waals surface area contributed by atoms with Crippen molar-refractivity contribution in [3.8, 4) is 0 Å². The Morgan fingerprint density at radius 3 is 2.58 bits per heavy atom. The molecule has 0 spiro atoms. The minimum absolute atomic E-state index is 0.365. The molecule has 2 heterocycles. The first-order valence-corrected chi connectivity index (χ1v) is 6.74. The van der Waals surface area contributed by atoms with Crippen molar-refractivity contribution in [2.75, 3.05) is 0 Å². The molecule has 1 atom stereocenters. The second kappa shape index (κ2) is 6.12. The minimum atomic E-state index is -0.773. The third-order valence-electron chi connectivity index (χ3n) is 2.96. The molecule has 2 aromatic rings. The van der Waals surface area contributed by atoms with E-state index >= 15 is 0 Å². The predicted molar refractivity (Wildman–Crippen MR) is 73.0 cm³/mol. The average Bonchev–Trinajstić information content (AvgIpc) is 2.76. The number of hydrogen-bond donors (Lipinski definition) is 1. The zero-order chi connectivity index (χ0) is 13.8. The molecule has 102 valence electrons. The molecule has 0 amide bonds. The SMILES string of the molecule is CCc1nn(CC)c(CC(O)c2ncccn2)c1Cl. The number of aryl methyl sites for hydroxylation is 2. The number of halogens is 1. The maximum atomic E-state index is 10.2. The molecule has 5 nitrogen and oxygen atoms in total. The Hall–Kier alpha value is -1.46. The van der Waals surface area contributed by atoms with Crippen LogP contribution in [-0.4, -0.2) is 24.9 Å². The first-order chi connectivity index (χ1) is 9.17. The quantitative estimate of drug-likeness (QED) is 0.912. The van der Waals surface area contributed by atoms with Crippen molar-refractivity contribution >= 4 is 11.6 Å². The number of aliphatic hydroxyl groups is 1. The van der Waals surface area contributed by atoms with Crippen molar-refractivity contribution in [2.45, 2.75) is 39.3 Å². The largest absolute Gasteiger partial charge is 0.385 e. The van der Waals surface area contributed by atoms with Crippen LogP contribution in [0.4, 0.5) is 0 Å². The molecular weight excluding hydrogens is 264 g/mol. The maximum Gasteiger partial charge on any atom is 0.157 e. The molecular formula is C13H17ClN4O. The van der Waals surface area contributed by atoms with E-state index in [1.807, 2.05) is 18.5 Å². The van der Waals surface area contributed by atoms with Crippen LogP contribution in [0.25, 0.3) is 0 Å². The van der Waals surface area contributed by atoms with Crippen molar-refractivity contribution in [3.05, 3.63) is 40.7 Å². The molecule has 0 saturated carbocycles. The molecule has 0 saturated heterocycles. The first-order valence-electron chi connectivity index (χ1n) is 6.36. The van der Waals surface area contributed by atoms with Gasteiger partial charge in [-0.2, -0.15) is 5.10 Å². The van der Waals surface area contributed by atoms with Crippen molar-refractivity contribution in [3.63, 3.8) is 0 Å². The van der Waals surface area contributed by atoms with Crippen LogP contribution in [-0.2, 0) is 19.4 Å². The Kier molecular flexibility index (Phi) is 4.50. The number of aromatic nitrogens is 4. The van der Waals surface area contributed by atoms with Gasteiger partial charge in [-0.05, 0) is 19.4 Å². The number of hydrogen-bond acceptors (Lipinski definition) is 4. The third-order valence-corrected chi connectivity index (χ3v) is 3.40. The predicted octanol–water partition coefficient (Wildman–Crippen LogP) is 2.18. The molecule has 0 aromatic carbocycles. The standard InChI is InChI=1S/C13H17ClN4O/c1-3-9-12(14)10(18(4-2)17-9)8-11(19)13-15-6-5-7-16-13/h5-7,11,19H,3-4,8H2,1-2H3. The number of nitrogens with zero attached hydrogens (tertiary/aromatic N) is 4. The normalized spacial score (nSPS) is 12.6. The van der Waals surface area contributed by atoms with Crippen molar-refractivity contribution in [2.24, 2.45) is 0 Å². The van der Waals surface area contributed by atoms with Gasteiger partial charge in [-0.25, -0.2) is 9.97 Å². The molecule has 19 heavy (non-hydrogen) atoms. The fraction of sp³-hybridized carbons (Fsp3) is 0.462. The van der Waals surface area contributed by atoms with Crippen LogP contribution in [0.1, 0.15) is 37.2 Å². The van der Waals surface area contributed by atoms with Gasteiger partial charge in [-0.15, -0.1) is 0 Å². The van der Waals surface area contributed by atoms with Gasteiger partial charge in [-0.3, -0.25) is 4.68 Å². The van der Waals surface area contributed by atoms with E-state index in [-0.39, 0.29) is 0 Å². The van der Waals surface area contributed by atoms with Gasteiger partial charge in [0, 0.05) is 25.4 Å². The Bertz CT molecular complexity index is 541. The Morgan fingerprint density at radius 1 is 1.32 bits per heavy atom.